The maximum atomic E-state index is 12.2. The van der Waals surface area contributed by atoms with E-state index in [4.69, 9.17) is 0 Å². The molecule has 0 spiro atoms. The monoisotopic (exact) mass is 345 g/mol. The molecule has 6 nitrogen and oxygen atoms in total. The van der Waals surface area contributed by atoms with E-state index in [0.717, 1.165) is 0 Å². The van der Waals surface area contributed by atoms with E-state index in [1.165, 1.54) is 11.3 Å². The third kappa shape index (κ3) is 4.26. The second-order valence-corrected chi connectivity index (χ2v) is 7.19. The van der Waals surface area contributed by atoms with Crippen molar-refractivity contribution in [1.82, 2.24) is 10.3 Å². The van der Waals surface area contributed by atoms with E-state index in [-0.39, 0.29) is 17.2 Å². The summed E-state index contributed by atoms with van der Waals surface area (Å²) >= 11 is 1.34. The molecule has 2 N–H and O–H groups in total. The van der Waals surface area contributed by atoms with Gasteiger partial charge in [-0.25, -0.2) is 0 Å². The molecule has 1 atom stereocenters. The molecule has 0 saturated heterocycles. The van der Waals surface area contributed by atoms with Gasteiger partial charge < -0.3 is 10.6 Å². The van der Waals surface area contributed by atoms with Crippen LogP contribution >= 0.6 is 11.3 Å². The number of hydrogen-bond donors (Lipinski definition) is 2. The Bertz CT molecular complexity index is 736. The highest BCUT2D eigenvalue weighted by molar-refractivity contribution is 7.12. The van der Waals surface area contributed by atoms with Crippen LogP contribution in [0.1, 0.15) is 41.9 Å². The van der Waals surface area contributed by atoms with Gasteiger partial charge in [0, 0.05) is 29.2 Å². The summed E-state index contributed by atoms with van der Waals surface area (Å²) in [6.07, 6.45) is 3.88. The van der Waals surface area contributed by atoms with Crippen molar-refractivity contribution in [2.75, 3.05) is 5.32 Å². The van der Waals surface area contributed by atoms with Crippen LogP contribution in [-0.4, -0.2) is 28.6 Å². The fourth-order valence-electron chi connectivity index (χ4n) is 2.09. The zero-order valence-corrected chi connectivity index (χ0v) is 14.5. The van der Waals surface area contributed by atoms with Crippen molar-refractivity contribution >= 4 is 35.1 Å². The normalized spacial score (nSPS) is 15.6. The standard InChI is InChI=1S/C12H8N2O2S.C5H11NO/c15-11(9-2-1-5-17-9)10-7-6-13-4-3-8(7)14-12(10)16;1-5(2,3)6-4-7/h1-6,10H,(H,14,16);4H,1-3H3,(H,6,7). The van der Waals surface area contributed by atoms with Gasteiger partial charge in [0.1, 0.15) is 5.92 Å². The Hall–Kier alpha value is -2.54. The fraction of sp³-hybridized carbons (Fsp3) is 0.294. The lowest BCUT2D eigenvalue weighted by atomic mass is 9.97. The molecule has 1 unspecified atom stereocenters. The second kappa shape index (κ2) is 7.35. The Morgan fingerprint density at radius 3 is 2.67 bits per heavy atom. The second-order valence-electron chi connectivity index (χ2n) is 6.24. The van der Waals surface area contributed by atoms with Gasteiger partial charge in [-0.05, 0) is 38.3 Å². The number of carbonyl (C=O) groups excluding carboxylic acids is 3. The van der Waals surface area contributed by atoms with E-state index < -0.39 is 5.92 Å². The van der Waals surface area contributed by atoms with Crippen LogP contribution in [0.2, 0.25) is 0 Å². The zero-order valence-electron chi connectivity index (χ0n) is 13.7. The third-order valence-electron chi connectivity index (χ3n) is 3.20. The summed E-state index contributed by atoms with van der Waals surface area (Å²) in [6.45, 7) is 5.80. The molecule has 0 aliphatic carbocycles. The first-order valence-corrected chi connectivity index (χ1v) is 8.25. The molecule has 1 aliphatic rings. The van der Waals surface area contributed by atoms with Gasteiger partial charge in [-0.2, -0.15) is 0 Å². The molecule has 0 aromatic carbocycles. The van der Waals surface area contributed by atoms with E-state index in [9.17, 15) is 14.4 Å². The van der Waals surface area contributed by atoms with E-state index >= 15 is 0 Å². The number of Topliss-reactive ketones (excluding diaryl/α,β-unsaturated/α-hetero) is 1. The Kier molecular flexibility index (Phi) is 5.46. The highest BCUT2D eigenvalue weighted by Crippen LogP contribution is 2.34. The summed E-state index contributed by atoms with van der Waals surface area (Å²) in [5.41, 5.74) is 1.28. The Morgan fingerprint density at radius 1 is 1.38 bits per heavy atom. The van der Waals surface area contributed by atoms with E-state index in [2.05, 4.69) is 15.6 Å². The van der Waals surface area contributed by atoms with E-state index in [1.54, 1.807) is 30.6 Å². The molecule has 0 radical (unpaired) electrons. The van der Waals surface area contributed by atoms with Gasteiger partial charge in [0.2, 0.25) is 12.3 Å². The molecule has 2 amide bonds. The summed E-state index contributed by atoms with van der Waals surface area (Å²) in [7, 11) is 0. The average Bonchev–Trinajstić information content (AvgIpc) is 3.12. The predicted octanol–water partition coefficient (Wildman–Crippen LogP) is 2.59. The van der Waals surface area contributed by atoms with Gasteiger partial charge in [0.05, 0.1) is 4.88 Å². The number of nitrogens with zero attached hydrogens (tertiary/aromatic N) is 1. The molecular formula is C17H19N3O3S. The number of anilines is 1. The van der Waals surface area contributed by atoms with Crippen molar-refractivity contribution in [3.8, 4) is 0 Å². The molecule has 0 bridgehead atoms. The van der Waals surface area contributed by atoms with Crippen molar-refractivity contribution in [3.05, 3.63) is 46.4 Å². The van der Waals surface area contributed by atoms with Crippen molar-refractivity contribution in [1.29, 1.82) is 0 Å². The predicted molar refractivity (Wildman–Crippen MR) is 93.2 cm³/mol. The lowest BCUT2D eigenvalue weighted by Gasteiger charge is -2.15. The van der Waals surface area contributed by atoms with Crippen LogP contribution in [0.15, 0.2) is 36.0 Å². The number of hydrogen-bond acceptors (Lipinski definition) is 5. The van der Waals surface area contributed by atoms with Gasteiger partial charge >= 0.3 is 0 Å². The molecule has 3 rings (SSSR count). The molecule has 7 heteroatoms. The number of thiophene rings is 1. The first kappa shape index (κ1) is 17.8. The number of nitrogens with one attached hydrogen (secondary N) is 2. The van der Waals surface area contributed by atoms with Gasteiger partial charge in [0.15, 0.2) is 5.78 Å². The highest BCUT2D eigenvalue weighted by Gasteiger charge is 2.37. The van der Waals surface area contributed by atoms with Gasteiger partial charge in [-0.1, -0.05) is 6.07 Å². The minimum atomic E-state index is -0.752. The van der Waals surface area contributed by atoms with E-state index in [0.29, 0.717) is 22.5 Å². The largest absolute Gasteiger partial charge is 0.354 e. The SMILES string of the molecule is CC(C)(C)NC=O.O=C1Nc2ccncc2C1C(=O)c1cccs1. The number of ketones is 1. The third-order valence-corrected chi connectivity index (χ3v) is 4.09. The summed E-state index contributed by atoms with van der Waals surface area (Å²) in [4.78, 5) is 38.3. The molecule has 24 heavy (non-hydrogen) atoms. The Balaban J connectivity index is 0.000000256. The quantitative estimate of drug-likeness (QED) is 0.508. The fourth-order valence-corrected chi connectivity index (χ4v) is 2.79. The van der Waals surface area contributed by atoms with Crippen LogP contribution in [0.5, 0.6) is 0 Å². The zero-order chi connectivity index (χ0) is 17.7. The summed E-state index contributed by atoms with van der Waals surface area (Å²) in [5.74, 6) is -1.19. The van der Waals surface area contributed by atoms with Gasteiger partial charge in [0.25, 0.3) is 0 Å². The van der Waals surface area contributed by atoms with Crippen LogP contribution in [0.4, 0.5) is 5.69 Å². The van der Waals surface area contributed by atoms with Crippen molar-refractivity contribution in [3.63, 3.8) is 0 Å². The molecule has 2 aromatic rings. The highest BCUT2D eigenvalue weighted by atomic mass is 32.1. The average molecular weight is 345 g/mol. The van der Waals surface area contributed by atoms with Crippen LogP contribution < -0.4 is 10.6 Å². The maximum absolute atomic E-state index is 12.2. The lowest BCUT2D eigenvalue weighted by Crippen LogP contribution is -2.34. The molecule has 3 heterocycles. The van der Waals surface area contributed by atoms with Crippen LogP contribution in [0.25, 0.3) is 0 Å². The molecular weight excluding hydrogens is 326 g/mol. The maximum Gasteiger partial charge on any atom is 0.240 e. The number of carbonyl (C=O) groups is 3. The number of amides is 2. The van der Waals surface area contributed by atoms with Crippen LogP contribution in [0.3, 0.4) is 0 Å². The van der Waals surface area contributed by atoms with E-state index in [1.807, 2.05) is 26.2 Å². The minimum absolute atomic E-state index is 0.0677. The molecule has 0 saturated carbocycles. The molecule has 2 aromatic heterocycles. The topological polar surface area (TPSA) is 88.2 Å². The van der Waals surface area contributed by atoms with Crippen molar-refractivity contribution in [2.45, 2.75) is 32.2 Å². The van der Waals surface area contributed by atoms with Gasteiger partial charge in [-0.15, -0.1) is 11.3 Å². The van der Waals surface area contributed by atoms with Crippen LogP contribution in [0, 0.1) is 0 Å². The number of rotatable bonds is 3. The first-order valence-electron chi connectivity index (χ1n) is 7.37. The van der Waals surface area contributed by atoms with Crippen molar-refractivity contribution < 1.29 is 14.4 Å². The molecule has 1 aliphatic heterocycles. The molecule has 126 valence electrons. The Labute approximate surface area is 144 Å². The number of pyridine rings is 1. The first-order chi connectivity index (χ1) is 11.3. The van der Waals surface area contributed by atoms with Crippen LogP contribution in [-0.2, 0) is 9.59 Å². The summed E-state index contributed by atoms with van der Waals surface area (Å²) in [5, 5.41) is 7.12. The summed E-state index contributed by atoms with van der Waals surface area (Å²) in [6, 6.07) is 5.23. The smallest absolute Gasteiger partial charge is 0.240 e. The number of aromatic nitrogens is 1. The summed E-state index contributed by atoms with van der Waals surface area (Å²) < 4.78 is 0. The molecule has 0 fully saturated rings. The lowest BCUT2D eigenvalue weighted by molar-refractivity contribution is -0.116. The van der Waals surface area contributed by atoms with Gasteiger partial charge in [-0.3, -0.25) is 19.4 Å². The Morgan fingerprint density at radius 2 is 2.12 bits per heavy atom. The van der Waals surface area contributed by atoms with Crippen molar-refractivity contribution in [2.24, 2.45) is 0 Å². The number of fused-ring (bicyclic) bond motifs is 1. The minimum Gasteiger partial charge on any atom is -0.354 e.